The second-order valence-electron chi connectivity index (χ2n) is 4.91. The molecule has 0 aliphatic carbocycles. The van der Waals surface area contributed by atoms with Gasteiger partial charge in [0.25, 0.3) is 0 Å². The van der Waals surface area contributed by atoms with Gasteiger partial charge in [-0.1, -0.05) is 0 Å². The average molecular weight is 268 g/mol. The van der Waals surface area contributed by atoms with E-state index >= 15 is 0 Å². The molecular weight excluding hydrogens is 244 g/mol. The SMILES string of the molecule is O=C(NC=C1CCOCC1)NCCN1CCNCC1. The molecule has 19 heavy (non-hydrogen) atoms. The van der Waals surface area contributed by atoms with Crippen LogP contribution in [0.1, 0.15) is 12.8 Å². The first-order chi connectivity index (χ1) is 9.34. The lowest BCUT2D eigenvalue weighted by molar-refractivity contribution is 0.119. The monoisotopic (exact) mass is 268 g/mol. The van der Waals surface area contributed by atoms with E-state index in [1.54, 1.807) is 0 Å². The van der Waals surface area contributed by atoms with Crippen molar-refractivity contribution in [2.45, 2.75) is 12.8 Å². The van der Waals surface area contributed by atoms with Gasteiger partial charge in [-0.05, 0) is 18.4 Å². The summed E-state index contributed by atoms with van der Waals surface area (Å²) in [4.78, 5) is 14.0. The zero-order valence-electron chi connectivity index (χ0n) is 11.4. The fourth-order valence-corrected chi connectivity index (χ4v) is 2.26. The van der Waals surface area contributed by atoms with Crippen LogP contribution in [0.25, 0.3) is 0 Å². The van der Waals surface area contributed by atoms with E-state index in [1.165, 1.54) is 5.57 Å². The quantitative estimate of drug-likeness (QED) is 0.665. The maximum Gasteiger partial charge on any atom is 0.318 e. The van der Waals surface area contributed by atoms with Crippen LogP contribution in [0.5, 0.6) is 0 Å². The van der Waals surface area contributed by atoms with Crippen molar-refractivity contribution in [2.75, 3.05) is 52.5 Å². The molecule has 0 saturated carbocycles. The molecule has 2 amide bonds. The summed E-state index contributed by atoms with van der Waals surface area (Å²) in [6.07, 6.45) is 3.66. The minimum absolute atomic E-state index is 0.117. The van der Waals surface area contributed by atoms with Gasteiger partial charge in [-0.2, -0.15) is 0 Å². The van der Waals surface area contributed by atoms with E-state index in [0.29, 0.717) is 6.54 Å². The third-order valence-corrected chi connectivity index (χ3v) is 3.47. The third-order valence-electron chi connectivity index (χ3n) is 3.47. The van der Waals surface area contributed by atoms with E-state index in [1.807, 2.05) is 6.20 Å². The predicted octanol–water partition coefficient (Wildman–Crippen LogP) is -0.115. The van der Waals surface area contributed by atoms with Crippen molar-refractivity contribution in [1.29, 1.82) is 0 Å². The van der Waals surface area contributed by atoms with Crippen LogP contribution in [-0.2, 0) is 4.74 Å². The van der Waals surface area contributed by atoms with Gasteiger partial charge in [-0.15, -0.1) is 0 Å². The number of nitrogens with one attached hydrogen (secondary N) is 3. The number of urea groups is 1. The maximum absolute atomic E-state index is 11.6. The topological polar surface area (TPSA) is 65.6 Å². The van der Waals surface area contributed by atoms with Crippen LogP contribution in [0.2, 0.25) is 0 Å². The molecule has 0 aromatic rings. The number of nitrogens with zero attached hydrogens (tertiary/aromatic N) is 1. The zero-order valence-corrected chi connectivity index (χ0v) is 11.4. The lowest BCUT2D eigenvalue weighted by Crippen LogP contribution is -2.47. The molecule has 2 heterocycles. The molecule has 0 atom stereocenters. The molecule has 6 nitrogen and oxygen atoms in total. The Morgan fingerprint density at radius 3 is 2.79 bits per heavy atom. The van der Waals surface area contributed by atoms with Gasteiger partial charge in [-0.3, -0.25) is 4.90 Å². The molecule has 0 aromatic heterocycles. The molecule has 0 bridgehead atoms. The summed E-state index contributed by atoms with van der Waals surface area (Å²) < 4.78 is 5.26. The zero-order chi connectivity index (χ0) is 13.3. The highest BCUT2D eigenvalue weighted by Crippen LogP contribution is 2.11. The van der Waals surface area contributed by atoms with E-state index in [-0.39, 0.29) is 6.03 Å². The van der Waals surface area contributed by atoms with Crippen LogP contribution in [-0.4, -0.2) is 63.4 Å². The van der Waals surface area contributed by atoms with Crippen molar-refractivity contribution in [1.82, 2.24) is 20.9 Å². The maximum atomic E-state index is 11.6. The fourth-order valence-electron chi connectivity index (χ4n) is 2.26. The van der Waals surface area contributed by atoms with Gasteiger partial charge in [0.1, 0.15) is 0 Å². The van der Waals surface area contributed by atoms with E-state index < -0.39 is 0 Å². The highest BCUT2D eigenvalue weighted by molar-refractivity contribution is 5.74. The Labute approximate surface area is 114 Å². The van der Waals surface area contributed by atoms with Crippen LogP contribution < -0.4 is 16.0 Å². The third kappa shape index (κ3) is 5.59. The summed E-state index contributed by atoms with van der Waals surface area (Å²) >= 11 is 0. The average Bonchev–Trinajstić information content (AvgIpc) is 2.47. The molecular formula is C13H24N4O2. The second kappa shape index (κ2) is 8.14. The summed E-state index contributed by atoms with van der Waals surface area (Å²) in [5.41, 5.74) is 1.25. The first-order valence-electron chi connectivity index (χ1n) is 7.08. The lowest BCUT2D eigenvalue weighted by Gasteiger charge is -2.27. The molecule has 0 spiro atoms. The molecule has 2 rings (SSSR count). The highest BCUT2D eigenvalue weighted by Gasteiger charge is 2.09. The van der Waals surface area contributed by atoms with Gasteiger partial charge in [0.2, 0.25) is 0 Å². The number of rotatable bonds is 4. The normalized spacial score (nSPS) is 20.9. The Bertz CT molecular complexity index is 306. The number of hydrogen-bond donors (Lipinski definition) is 3. The van der Waals surface area contributed by atoms with Gasteiger partial charge in [0.15, 0.2) is 0 Å². The van der Waals surface area contributed by atoms with Gasteiger partial charge < -0.3 is 20.7 Å². The van der Waals surface area contributed by atoms with E-state index in [0.717, 1.165) is 58.8 Å². The van der Waals surface area contributed by atoms with Gasteiger partial charge in [-0.25, -0.2) is 4.79 Å². The summed E-state index contributed by atoms with van der Waals surface area (Å²) in [7, 11) is 0. The molecule has 0 unspecified atom stereocenters. The van der Waals surface area contributed by atoms with E-state index in [4.69, 9.17) is 4.74 Å². The first kappa shape index (κ1) is 14.3. The summed E-state index contributed by atoms with van der Waals surface area (Å²) in [5.74, 6) is 0. The summed E-state index contributed by atoms with van der Waals surface area (Å²) in [5, 5.41) is 8.98. The number of hydrogen-bond acceptors (Lipinski definition) is 4. The Morgan fingerprint density at radius 2 is 2.05 bits per heavy atom. The Kier molecular flexibility index (Phi) is 6.13. The van der Waals surface area contributed by atoms with Crippen molar-refractivity contribution >= 4 is 6.03 Å². The number of amides is 2. The van der Waals surface area contributed by atoms with E-state index in [9.17, 15) is 4.79 Å². The molecule has 0 aromatic carbocycles. The minimum atomic E-state index is -0.117. The summed E-state index contributed by atoms with van der Waals surface area (Å²) in [6, 6.07) is -0.117. The molecule has 108 valence electrons. The van der Waals surface area contributed by atoms with Crippen LogP contribution in [0.3, 0.4) is 0 Å². The molecule has 2 aliphatic rings. The van der Waals surface area contributed by atoms with E-state index in [2.05, 4.69) is 20.9 Å². The summed E-state index contributed by atoms with van der Waals surface area (Å²) in [6.45, 7) is 7.34. The molecule has 2 aliphatic heterocycles. The lowest BCUT2D eigenvalue weighted by atomic mass is 10.1. The Balaban J connectivity index is 1.56. The number of carbonyl (C=O) groups excluding carboxylic acids is 1. The molecule has 2 saturated heterocycles. The van der Waals surface area contributed by atoms with Crippen molar-refractivity contribution in [2.24, 2.45) is 0 Å². The van der Waals surface area contributed by atoms with Crippen molar-refractivity contribution < 1.29 is 9.53 Å². The minimum Gasteiger partial charge on any atom is -0.381 e. The molecule has 6 heteroatoms. The Hall–Kier alpha value is -1.11. The van der Waals surface area contributed by atoms with Gasteiger partial charge in [0.05, 0.1) is 13.2 Å². The molecule has 2 fully saturated rings. The molecule has 0 radical (unpaired) electrons. The standard InChI is InChI=1S/C13H24N4O2/c18-13(16-11-12-1-9-19-10-2-12)15-5-8-17-6-3-14-4-7-17/h11,14H,1-10H2,(H2,15,16,18). The highest BCUT2D eigenvalue weighted by atomic mass is 16.5. The fraction of sp³-hybridized carbons (Fsp3) is 0.769. The van der Waals surface area contributed by atoms with Gasteiger partial charge >= 0.3 is 6.03 Å². The van der Waals surface area contributed by atoms with Crippen molar-refractivity contribution in [3.05, 3.63) is 11.8 Å². The van der Waals surface area contributed by atoms with Crippen molar-refractivity contribution in [3.8, 4) is 0 Å². The van der Waals surface area contributed by atoms with Crippen LogP contribution >= 0.6 is 0 Å². The second-order valence-corrected chi connectivity index (χ2v) is 4.91. The Morgan fingerprint density at radius 1 is 1.32 bits per heavy atom. The van der Waals surface area contributed by atoms with Crippen LogP contribution in [0.4, 0.5) is 4.79 Å². The van der Waals surface area contributed by atoms with Crippen LogP contribution in [0.15, 0.2) is 11.8 Å². The van der Waals surface area contributed by atoms with Crippen LogP contribution in [0, 0.1) is 0 Å². The smallest absolute Gasteiger partial charge is 0.318 e. The first-order valence-corrected chi connectivity index (χ1v) is 7.08. The van der Waals surface area contributed by atoms with Gasteiger partial charge in [0, 0.05) is 45.5 Å². The number of carbonyl (C=O) groups is 1. The number of piperazine rings is 1. The predicted molar refractivity (Wildman–Crippen MR) is 74.0 cm³/mol. The molecule has 3 N–H and O–H groups in total. The van der Waals surface area contributed by atoms with Crippen molar-refractivity contribution in [3.63, 3.8) is 0 Å². The largest absolute Gasteiger partial charge is 0.381 e. The number of ether oxygens (including phenoxy) is 1.